The smallest absolute Gasteiger partial charge is 0.442 e. The molecule has 0 radical (unpaired) electrons. The van der Waals surface area contributed by atoms with Crippen molar-refractivity contribution in [2.45, 2.75) is 33.6 Å². The number of hydrogen-bond acceptors (Lipinski definition) is 5. The predicted molar refractivity (Wildman–Crippen MR) is 102 cm³/mol. The van der Waals surface area contributed by atoms with Gasteiger partial charge in [-0.2, -0.15) is 4.99 Å². The Morgan fingerprint density at radius 3 is 2.38 bits per heavy atom. The van der Waals surface area contributed by atoms with Crippen LogP contribution in [0.5, 0.6) is 11.5 Å². The van der Waals surface area contributed by atoms with E-state index >= 15 is 0 Å². The van der Waals surface area contributed by atoms with Crippen LogP contribution in [0.15, 0.2) is 38.8 Å². The maximum Gasteiger partial charge on any atom is 0.573 e. The molecule has 7 nitrogen and oxygen atoms in total. The van der Waals surface area contributed by atoms with Crippen LogP contribution in [0, 0.1) is 12.8 Å². The molecule has 0 bridgehead atoms. The van der Waals surface area contributed by atoms with E-state index < -0.39 is 23.4 Å². The Labute approximate surface area is 165 Å². The zero-order valence-electron chi connectivity index (χ0n) is 16.7. The van der Waals surface area contributed by atoms with E-state index in [0.29, 0.717) is 6.42 Å². The molecule has 1 atom stereocenters. The molecule has 2 aromatic rings. The van der Waals surface area contributed by atoms with Crippen molar-refractivity contribution < 1.29 is 22.6 Å². The van der Waals surface area contributed by atoms with Crippen LogP contribution >= 0.6 is 0 Å². The lowest BCUT2D eigenvalue weighted by molar-refractivity contribution is -0.274. The molecule has 0 aliphatic rings. The van der Waals surface area contributed by atoms with Crippen LogP contribution in [0.1, 0.15) is 25.8 Å². The summed E-state index contributed by atoms with van der Waals surface area (Å²) < 4.78 is 49.2. The van der Waals surface area contributed by atoms with Gasteiger partial charge in [0.2, 0.25) is 0 Å². The van der Waals surface area contributed by atoms with E-state index in [2.05, 4.69) is 9.73 Å². The Bertz CT molecular complexity index is 1000. The van der Waals surface area contributed by atoms with Gasteiger partial charge in [0.25, 0.3) is 5.56 Å². The van der Waals surface area contributed by atoms with Crippen LogP contribution < -0.4 is 20.7 Å². The number of nitrogens with zero attached hydrogens (tertiary/aromatic N) is 3. The molecule has 0 saturated carbocycles. The number of halogens is 3. The maximum absolute atomic E-state index is 12.5. The zero-order chi connectivity index (χ0) is 21.9. The van der Waals surface area contributed by atoms with Gasteiger partial charge in [0.15, 0.2) is 5.90 Å². The molecule has 158 valence electrons. The van der Waals surface area contributed by atoms with E-state index in [-0.39, 0.29) is 28.9 Å². The highest BCUT2D eigenvalue weighted by molar-refractivity contribution is 5.83. The molecule has 1 heterocycles. The fraction of sp³-hybridized carbons (Fsp3) is 0.421. The first kappa shape index (κ1) is 22.3. The third-order valence-corrected chi connectivity index (χ3v) is 4.36. The first-order chi connectivity index (χ1) is 13.4. The van der Waals surface area contributed by atoms with Gasteiger partial charge in [-0.15, -0.1) is 13.2 Å². The van der Waals surface area contributed by atoms with Crippen LogP contribution in [-0.2, 0) is 14.1 Å². The fourth-order valence-electron chi connectivity index (χ4n) is 2.53. The highest BCUT2D eigenvalue weighted by Crippen LogP contribution is 2.27. The normalized spacial score (nSPS) is 13.3. The standard InChI is InChI=1S/C19H22F3N3O4/c1-6-11(2)16(23-15-12(3)17(26)25(5)18(27)24(15)4)28-13-8-7-9-14(10-13)29-19(20,21)22/h7-11H,6H2,1-5H3/b23-16+. The summed E-state index contributed by atoms with van der Waals surface area (Å²) in [6.45, 7) is 5.22. The van der Waals surface area contributed by atoms with Crippen molar-refractivity contribution in [3.05, 3.63) is 50.7 Å². The molecule has 1 aromatic heterocycles. The summed E-state index contributed by atoms with van der Waals surface area (Å²) in [4.78, 5) is 28.8. The lowest BCUT2D eigenvalue weighted by atomic mass is 10.1. The molecule has 0 spiro atoms. The fourth-order valence-corrected chi connectivity index (χ4v) is 2.53. The van der Waals surface area contributed by atoms with Crippen LogP contribution in [0.25, 0.3) is 0 Å². The highest BCUT2D eigenvalue weighted by atomic mass is 19.4. The lowest BCUT2D eigenvalue weighted by Crippen LogP contribution is -2.38. The van der Waals surface area contributed by atoms with Crippen LogP contribution in [0.2, 0.25) is 0 Å². The number of hydrogen-bond donors (Lipinski definition) is 0. The summed E-state index contributed by atoms with van der Waals surface area (Å²) >= 11 is 0. The van der Waals surface area contributed by atoms with Gasteiger partial charge in [-0.3, -0.25) is 13.9 Å². The molecular weight excluding hydrogens is 391 g/mol. The van der Waals surface area contributed by atoms with Gasteiger partial charge in [0.05, 0.1) is 5.56 Å². The number of aliphatic imine (C=N–C) groups is 1. The van der Waals surface area contributed by atoms with Crippen LogP contribution in [0.3, 0.4) is 0 Å². The van der Waals surface area contributed by atoms with E-state index in [9.17, 15) is 22.8 Å². The van der Waals surface area contributed by atoms with E-state index in [1.165, 1.54) is 37.7 Å². The Kier molecular flexibility index (Phi) is 6.55. The van der Waals surface area contributed by atoms with E-state index in [0.717, 1.165) is 16.7 Å². The first-order valence-corrected chi connectivity index (χ1v) is 8.83. The number of rotatable bonds is 5. The monoisotopic (exact) mass is 413 g/mol. The second kappa shape index (κ2) is 8.54. The van der Waals surface area contributed by atoms with Crippen molar-refractivity contribution in [1.29, 1.82) is 0 Å². The van der Waals surface area contributed by atoms with Gasteiger partial charge in [-0.05, 0) is 25.5 Å². The Balaban J connectivity index is 2.52. The summed E-state index contributed by atoms with van der Waals surface area (Å²) in [6, 6.07) is 5.04. The van der Waals surface area contributed by atoms with E-state index in [1.807, 2.05) is 13.8 Å². The van der Waals surface area contributed by atoms with Crippen molar-refractivity contribution in [1.82, 2.24) is 9.13 Å². The third-order valence-electron chi connectivity index (χ3n) is 4.36. The van der Waals surface area contributed by atoms with Crippen LogP contribution in [-0.4, -0.2) is 21.4 Å². The molecule has 0 fully saturated rings. The molecule has 0 amide bonds. The van der Waals surface area contributed by atoms with Crippen molar-refractivity contribution in [2.24, 2.45) is 25.0 Å². The number of ether oxygens (including phenoxy) is 2. The minimum absolute atomic E-state index is 0.0808. The molecule has 1 aromatic carbocycles. The Morgan fingerprint density at radius 1 is 1.17 bits per heavy atom. The summed E-state index contributed by atoms with van der Waals surface area (Å²) in [7, 11) is 2.84. The van der Waals surface area contributed by atoms with E-state index in [4.69, 9.17) is 4.74 Å². The van der Waals surface area contributed by atoms with Gasteiger partial charge >= 0.3 is 12.1 Å². The second-order valence-corrected chi connectivity index (χ2v) is 6.54. The average Bonchev–Trinajstić information content (AvgIpc) is 2.65. The highest BCUT2D eigenvalue weighted by Gasteiger charge is 2.31. The zero-order valence-corrected chi connectivity index (χ0v) is 16.7. The minimum atomic E-state index is -4.83. The van der Waals surface area contributed by atoms with Crippen molar-refractivity contribution in [2.75, 3.05) is 0 Å². The van der Waals surface area contributed by atoms with Crippen molar-refractivity contribution in [3.8, 4) is 11.5 Å². The summed E-state index contributed by atoms with van der Waals surface area (Å²) in [5.74, 6) is -0.312. The largest absolute Gasteiger partial charge is 0.573 e. The molecule has 1 unspecified atom stereocenters. The average molecular weight is 413 g/mol. The van der Waals surface area contributed by atoms with Crippen molar-refractivity contribution in [3.63, 3.8) is 0 Å². The molecule has 0 aliphatic heterocycles. The molecule has 10 heteroatoms. The van der Waals surface area contributed by atoms with Gasteiger partial charge in [0, 0.05) is 26.1 Å². The quantitative estimate of drug-likeness (QED) is 0.556. The molecule has 29 heavy (non-hydrogen) atoms. The maximum atomic E-state index is 12.5. The van der Waals surface area contributed by atoms with Gasteiger partial charge in [-0.25, -0.2) is 4.79 Å². The summed E-state index contributed by atoms with van der Waals surface area (Å²) in [5, 5.41) is 0. The van der Waals surface area contributed by atoms with E-state index in [1.54, 1.807) is 0 Å². The topological polar surface area (TPSA) is 74.8 Å². The molecule has 0 N–H and O–H groups in total. The predicted octanol–water partition coefficient (Wildman–Crippen LogP) is 3.45. The SMILES string of the molecule is CCC(C)/C(=N\c1c(C)c(=O)n(C)c(=O)n1C)Oc1cccc(OC(F)(F)F)c1. The third kappa shape index (κ3) is 5.27. The van der Waals surface area contributed by atoms with Crippen molar-refractivity contribution >= 4 is 11.7 Å². The number of benzene rings is 1. The van der Waals surface area contributed by atoms with Gasteiger partial charge < -0.3 is 9.47 Å². The summed E-state index contributed by atoms with van der Waals surface area (Å²) in [6.07, 6.45) is -4.22. The molecule has 0 aliphatic carbocycles. The first-order valence-electron chi connectivity index (χ1n) is 8.83. The Morgan fingerprint density at radius 2 is 1.79 bits per heavy atom. The second-order valence-electron chi connectivity index (χ2n) is 6.54. The van der Waals surface area contributed by atoms with Gasteiger partial charge in [0.1, 0.15) is 17.3 Å². The van der Waals surface area contributed by atoms with Crippen LogP contribution in [0.4, 0.5) is 19.0 Å². The molecular formula is C19H22F3N3O4. The number of aromatic nitrogens is 2. The minimum Gasteiger partial charge on any atom is -0.442 e. The number of alkyl halides is 3. The molecule has 2 rings (SSSR count). The van der Waals surface area contributed by atoms with Gasteiger partial charge in [-0.1, -0.05) is 19.9 Å². The Hall–Kier alpha value is -3.04. The molecule has 0 saturated heterocycles. The lowest BCUT2D eigenvalue weighted by Gasteiger charge is -2.17. The summed E-state index contributed by atoms with van der Waals surface area (Å²) in [5.41, 5.74) is -0.799.